The first-order chi connectivity index (χ1) is 7.70. The summed E-state index contributed by atoms with van der Waals surface area (Å²) in [5.41, 5.74) is 1.87. The number of H-pyrrole nitrogens is 1. The highest BCUT2D eigenvalue weighted by atomic mass is 32.1. The number of hydrogen-bond acceptors (Lipinski definition) is 3. The van der Waals surface area contributed by atoms with Crippen molar-refractivity contribution < 1.29 is 4.79 Å². The van der Waals surface area contributed by atoms with E-state index in [4.69, 9.17) is 0 Å². The van der Waals surface area contributed by atoms with Gasteiger partial charge in [0, 0.05) is 11.1 Å². The Morgan fingerprint density at radius 2 is 2.44 bits per heavy atom. The molecule has 0 saturated carbocycles. The Hall–Kier alpha value is -1.62. The van der Waals surface area contributed by atoms with Crippen LogP contribution in [0.25, 0.3) is 0 Å². The van der Waals surface area contributed by atoms with E-state index < -0.39 is 0 Å². The van der Waals surface area contributed by atoms with Crippen LogP contribution >= 0.6 is 11.3 Å². The molecule has 0 atom stereocenters. The first-order valence-corrected chi connectivity index (χ1v) is 5.91. The fraction of sp³-hybridized carbons (Fsp3) is 0.273. The summed E-state index contributed by atoms with van der Waals surface area (Å²) < 4.78 is 0. The van der Waals surface area contributed by atoms with Crippen LogP contribution in [0.2, 0.25) is 0 Å². The fourth-order valence-corrected chi connectivity index (χ4v) is 2.50. The summed E-state index contributed by atoms with van der Waals surface area (Å²) in [6.45, 7) is 4.13. The monoisotopic (exact) mass is 235 g/mol. The predicted molar refractivity (Wildman–Crippen MR) is 65.0 cm³/mol. The smallest absolute Gasteiger partial charge is 0.265 e. The molecule has 5 heteroatoms. The van der Waals surface area contributed by atoms with E-state index in [1.807, 2.05) is 13.0 Å². The van der Waals surface area contributed by atoms with Gasteiger partial charge in [0.25, 0.3) is 5.91 Å². The molecular weight excluding hydrogens is 222 g/mol. The number of amides is 1. The van der Waals surface area contributed by atoms with Gasteiger partial charge >= 0.3 is 0 Å². The van der Waals surface area contributed by atoms with Crippen LogP contribution in [0.5, 0.6) is 0 Å². The van der Waals surface area contributed by atoms with E-state index >= 15 is 0 Å². The van der Waals surface area contributed by atoms with E-state index in [9.17, 15) is 4.79 Å². The zero-order chi connectivity index (χ0) is 11.5. The molecule has 2 N–H and O–H groups in total. The summed E-state index contributed by atoms with van der Waals surface area (Å²) in [4.78, 5) is 13.9. The lowest BCUT2D eigenvalue weighted by Gasteiger charge is -1.97. The van der Waals surface area contributed by atoms with Crippen molar-refractivity contribution in [3.05, 3.63) is 33.8 Å². The molecule has 84 valence electrons. The molecule has 1 amide bonds. The zero-order valence-corrected chi connectivity index (χ0v) is 10.0. The first kappa shape index (κ1) is 10.9. The van der Waals surface area contributed by atoms with Gasteiger partial charge in [0.1, 0.15) is 0 Å². The minimum Gasteiger partial charge on any atom is -0.319 e. The van der Waals surface area contributed by atoms with Crippen molar-refractivity contribution in [2.24, 2.45) is 0 Å². The van der Waals surface area contributed by atoms with Crippen molar-refractivity contribution in [3.8, 4) is 0 Å². The van der Waals surface area contributed by atoms with Crippen LogP contribution in [0.15, 0.2) is 18.5 Å². The molecule has 0 aliphatic heterocycles. The SMILES string of the molecule is CCc1sc(C(=O)Nc2cn[nH]c2)cc1C. The second-order valence-corrected chi connectivity index (χ2v) is 4.65. The summed E-state index contributed by atoms with van der Waals surface area (Å²) in [6.07, 6.45) is 4.20. The topological polar surface area (TPSA) is 57.8 Å². The molecule has 0 aliphatic rings. The van der Waals surface area contributed by atoms with Gasteiger partial charge in [-0.25, -0.2) is 0 Å². The Kier molecular flexibility index (Phi) is 3.05. The fourth-order valence-electron chi connectivity index (χ4n) is 1.49. The van der Waals surface area contributed by atoms with E-state index in [0.29, 0.717) is 5.69 Å². The van der Waals surface area contributed by atoms with Gasteiger partial charge in [-0.15, -0.1) is 11.3 Å². The van der Waals surface area contributed by atoms with Gasteiger partial charge in [-0.05, 0) is 25.0 Å². The van der Waals surface area contributed by atoms with Crippen LogP contribution in [0.4, 0.5) is 5.69 Å². The number of aromatic nitrogens is 2. The molecule has 0 spiro atoms. The van der Waals surface area contributed by atoms with E-state index in [1.165, 1.54) is 10.4 Å². The third-order valence-electron chi connectivity index (χ3n) is 2.32. The summed E-state index contributed by atoms with van der Waals surface area (Å²) in [5.74, 6) is -0.0748. The largest absolute Gasteiger partial charge is 0.319 e. The third kappa shape index (κ3) is 2.14. The van der Waals surface area contributed by atoms with Gasteiger partial charge < -0.3 is 5.32 Å². The summed E-state index contributed by atoms with van der Waals surface area (Å²) >= 11 is 1.55. The second kappa shape index (κ2) is 4.49. The third-order valence-corrected chi connectivity index (χ3v) is 3.70. The number of aryl methyl sites for hydroxylation is 2. The molecular formula is C11H13N3OS. The maximum atomic E-state index is 11.9. The van der Waals surface area contributed by atoms with Gasteiger partial charge in [-0.2, -0.15) is 5.10 Å². The quantitative estimate of drug-likeness (QED) is 0.859. The van der Waals surface area contributed by atoms with Crippen LogP contribution in [0.3, 0.4) is 0 Å². The standard InChI is InChI=1S/C11H13N3OS/c1-3-9-7(2)4-10(16-9)11(15)14-8-5-12-13-6-8/h4-6H,3H2,1-2H3,(H,12,13)(H,14,15). The van der Waals surface area contributed by atoms with E-state index in [0.717, 1.165) is 11.3 Å². The van der Waals surface area contributed by atoms with Gasteiger partial charge in [-0.3, -0.25) is 9.89 Å². The Bertz CT molecular complexity index is 487. The van der Waals surface area contributed by atoms with Crippen LogP contribution in [0.1, 0.15) is 27.0 Å². The van der Waals surface area contributed by atoms with Gasteiger partial charge in [0.05, 0.1) is 16.8 Å². The average Bonchev–Trinajstić information content (AvgIpc) is 2.87. The Morgan fingerprint density at radius 1 is 1.62 bits per heavy atom. The second-order valence-electron chi connectivity index (χ2n) is 3.51. The maximum Gasteiger partial charge on any atom is 0.265 e. The van der Waals surface area contributed by atoms with Crippen molar-refractivity contribution in [1.82, 2.24) is 10.2 Å². The highest BCUT2D eigenvalue weighted by molar-refractivity contribution is 7.14. The number of rotatable bonds is 3. The molecule has 0 bridgehead atoms. The van der Waals surface area contributed by atoms with Gasteiger partial charge in [0.15, 0.2) is 0 Å². The van der Waals surface area contributed by atoms with Crippen molar-refractivity contribution in [2.75, 3.05) is 5.32 Å². The van der Waals surface area contributed by atoms with E-state index in [1.54, 1.807) is 23.7 Å². The molecule has 0 aliphatic carbocycles. The molecule has 0 fully saturated rings. The lowest BCUT2D eigenvalue weighted by Crippen LogP contribution is -2.09. The molecule has 0 aromatic carbocycles. The van der Waals surface area contributed by atoms with Crippen LogP contribution in [0, 0.1) is 6.92 Å². The molecule has 2 aromatic heterocycles. The lowest BCUT2D eigenvalue weighted by molar-refractivity contribution is 0.103. The summed E-state index contributed by atoms with van der Waals surface area (Å²) in [5, 5.41) is 9.21. The minimum atomic E-state index is -0.0748. The van der Waals surface area contributed by atoms with Crippen molar-refractivity contribution in [3.63, 3.8) is 0 Å². The Morgan fingerprint density at radius 3 is 3.00 bits per heavy atom. The zero-order valence-electron chi connectivity index (χ0n) is 9.20. The van der Waals surface area contributed by atoms with Crippen molar-refractivity contribution in [1.29, 1.82) is 0 Å². The minimum absolute atomic E-state index is 0.0748. The molecule has 16 heavy (non-hydrogen) atoms. The molecule has 0 unspecified atom stereocenters. The number of aromatic amines is 1. The molecule has 2 heterocycles. The average molecular weight is 235 g/mol. The number of thiophene rings is 1. The van der Waals surface area contributed by atoms with Crippen LogP contribution < -0.4 is 5.32 Å². The highest BCUT2D eigenvalue weighted by Gasteiger charge is 2.11. The number of anilines is 1. The predicted octanol–water partition coefficient (Wildman–Crippen LogP) is 2.59. The maximum absolute atomic E-state index is 11.9. The van der Waals surface area contributed by atoms with E-state index in [-0.39, 0.29) is 5.91 Å². The van der Waals surface area contributed by atoms with Crippen LogP contribution in [-0.2, 0) is 6.42 Å². The normalized spacial score (nSPS) is 10.4. The van der Waals surface area contributed by atoms with Crippen LogP contribution in [-0.4, -0.2) is 16.1 Å². The molecule has 4 nitrogen and oxygen atoms in total. The van der Waals surface area contributed by atoms with Crippen molar-refractivity contribution >= 4 is 22.9 Å². The summed E-state index contributed by atoms with van der Waals surface area (Å²) in [6, 6.07) is 1.93. The molecule has 0 saturated heterocycles. The highest BCUT2D eigenvalue weighted by Crippen LogP contribution is 2.23. The number of nitrogens with zero attached hydrogens (tertiary/aromatic N) is 1. The van der Waals surface area contributed by atoms with Gasteiger partial charge in [-0.1, -0.05) is 6.92 Å². The number of hydrogen-bond donors (Lipinski definition) is 2. The molecule has 0 radical (unpaired) electrons. The van der Waals surface area contributed by atoms with Gasteiger partial charge in [0.2, 0.25) is 0 Å². The molecule has 2 rings (SSSR count). The first-order valence-electron chi connectivity index (χ1n) is 5.10. The van der Waals surface area contributed by atoms with Crippen molar-refractivity contribution in [2.45, 2.75) is 20.3 Å². The molecule has 2 aromatic rings. The number of carbonyl (C=O) groups is 1. The Balaban J connectivity index is 2.15. The lowest BCUT2D eigenvalue weighted by atomic mass is 10.2. The number of nitrogens with one attached hydrogen (secondary N) is 2. The summed E-state index contributed by atoms with van der Waals surface area (Å²) in [7, 11) is 0. The Labute approximate surface area is 97.7 Å². The number of carbonyl (C=O) groups excluding carboxylic acids is 1. The van der Waals surface area contributed by atoms with E-state index in [2.05, 4.69) is 22.4 Å².